The summed E-state index contributed by atoms with van der Waals surface area (Å²) >= 11 is 0. The van der Waals surface area contributed by atoms with Gasteiger partial charge in [-0.1, -0.05) is 13.8 Å². The Kier molecular flexibility index (Phi) is 7.35. The summed E-state index contributed by atoms with van der Waals surface area (Å²) in [6.07, 6.45) is 2.95. The Morgan fingerprint density at radius 1 is 1.31 bits per heavy atom. The molecule has 0 spiro atoms. The molecular weight excluding hydrogens is 360 g/mol. The molecule has 0 saturated carbocycles. The molecule has 0 fully saturated rings. The van der Waals surface area contributed by atoms with Gasteiger partial charge in [0.2, 0.25) is 5.96 Å². The van der Waals surface area contributed by atoms with Crippen LogP contribution in [0.4, 0.5) is 0 Å². The third kappa shape index (κ3) is 6.57. The Balaban J connectivity index is 0.000000273. The quantitative estimate of drug-likeness (QED) is 0.271. The number of aryl methyl sites for hydroxylation is 1. The standard InChI is InChI=1S/C10H14O4S.C6H8N4O/c1-6(2)8-5-10(15(12,13)14)7(3)4-9(8)11;7-6(8)10-9-4-5-2-1-3-11-5/h4-6,11H,1-3H3,(H,12,13,14);1-4H,(H4,7,8,10)/b;9-4+. The first-order valence-corrected chi connectivity index (χ1v) is 8.92. The molecule has 0 aliphatic carbocycles. The lowest BCUT2D eigenvalue weighted by Gasteiger charge is -2.11. The fourth-order valence-electron chi connectivity index (χ4n) is 1.95. The van der Waals surface area contributed by atoms with Crippen LogP contribution in [0.5, 0.6) is 5.75 Å². The van der Waals surface area contributed by atoms with Gasteiger partial charge in [0.15, 0.2) is 0 Å². The number of benzene rings is 1. The monoisotopic (exact) mass is 382 g/mol. The number of guanidine groups is 1. The highest BCUT2D eigenvalue weighted by atomic mass is 32.2. The zero-order valence-corrected chi connectivity index (χ0v) is 15.4. The Labute approximate surface area is 151 Å². The molecule has 2 aromatic rings. The van der Waals surface area contributed by atoms with Gasteiger partial charge in [-0.15, -0.1) is 5.10 Å². The van der Waals surface area contributed by atoms with Crippen molar-refractivity contribution < 1.29 is 22.5 Å². The third-order valence-corrected chi connectivity index (χ3v) is 4.12. The molecule has 0 amide bonds. The molecule has 9 nitrogen and oxygen atoms in total. The molecule has 0 saturated heterocycles. The fraction of sp³-hybridized carbons (Fsp3) is 0.250. The van der Waals surface area contributed by atoms with E-state index in [1.807, 2.05) is 13.8 Å². The van der Waals surface area contributed by atoms with Crippen molar-refractivity contribution in [3.8, 4) is 5.75 Å². The van der Waals surface area contributed by atoms with Crippen molar-refractivity contribution in [1.82, 2.24) is 0 Å². The van der Waals surface area contributed by atoms with Crippen LogP contribution >= 0.6 is 0 Å². The maximum absolute atomic E-state index is 11.0. The average molecular weight is 382 g/mol. The highest BCUT2D eigenvalue weighted by molar-refractivity contribution is 7.85. The summed E-state index contributed by atoms with van der Waals surface area (Å²) in [6, 6.07) is 6.14. The molecule has 0 aliphatic rings. The van der Waals surface area contributed by atoms with E-state index in [0.29, 0.717) is 16.9 Å². The number of hydrogen-bond donors (Lipinski definition) is 4. The van der Waals surface area contributed by atoms with Gasteiger partial charge in [0.05, 0.1) is 17.4 Å². The lowest BCUT2D eigenvalue weighted by atomic mass is 10.0. The van der Waals surface area contributed by atoms with E-state index in [1.54, 1.807) is 12.1 Å². The van der Waals surface area contributed by atoms with Gasteiger partial charge < -0.3 is 21.0 Å². The number of nitrogens with two attached hydrogens (primary N) is 2. The van der Waals surface area contributed by atoms with Crippen LogP contribution in [0.25, 0.3) is 0 Å². The summed E-state index contributed by atoms with van der Waals surface area (Å²) < 4.78 is 35.9. The van der Waals surface area contributed by atoms with E-state index in [-0.39, 0.29) is 22.5 Å². The smallest absolute Gasteiger partial charge is 0.294 e. The molecule has 1 aromatic heterocycles. The third-order valence-electron chi connectivity index (χ3n) is 3.13. The highest BCUT2D eigenvalue weighted by Gasteiger charge is 2.17. The van der Waals surface area contributed by atoms with Crippen molar-refractivity contribution in [3.05, 3.63) is 47.4 Å². The molecule has 1 heterocycles. The summed E-state index contributed by atoms with van der Waals surface area (Å²) in [5, 5.41) is 16.5. The molecule has 0 atom stereocenters. The van der Waals surface area contributed by atoms with E-state index in [0.717, 1.165) is 0 Å². The minimum Gasteiger partial charge on any atom is -0.508 e. The van der Waals surface area contributed by atoms with Crippen molar-refractivity contribution in [2.45, 2.75) is 31.6 Å². The number of rotatable bonds is 4. The topological polar surface area (TPSA) is 164 Å². The maximum atomic E-state index is 11.0. The highest BCUT2D eigenvalue weighted by Crippen LogP contribution is 2.30. The van der Waals surface area contributed by atoms with Gasteiger partial charge >= 0.3 is 0 Å². The Morgan fingerprint density at radius 3 is 2.42 bits per heavy atom. The first-order chi connectivity index (χ1) is 12.0. The Hall–Kier alpha value is -2.85. The molecule has 0 unspecified atom stereocenters. The van der Waals surface area contributed by atoms with Crippen LogP contribution in [0.3, 0.4) is 0 Å². The normalized spacial score (nSPS) is 11.3. The lowest BCUT2D eigenvalue weighted by molar-refractivity contribution is 0.461. The molecule has 10 heteroatoms. The SMILES string of the molecule is Cc1cc(O)c(C(C)C)cc1S(=O)(=O)O.NC(N)=N/N=C/c1ccco1. The maximum Gasteiger partial charge on any atom is 0.294 e. The zero-order valence-electron chi connectivity index (χ0n) is 14.6. The molecule has 1 aromatic carbocycles. The summed E-state index contributed by atoms with van der Waals surface area (Å²) in [7, 11) is -4.22. The molecule has 0 bridgehead atoms. The van der Waals surface area contributed by atoms with Crippen molar-refractivity contribution >= 4 is 22.3 Å². The predicted molar refractivity (Wildman–Crippen MR) is 98.9 cm³/mol. The zero-order chi connectivity index (χ0) is 19.9. The largest absolute Gasteiger partial charge is 0.508 e. The second kappa shape index (κ2) is 9.02. The van der Waals surface area contributed by atoms with Gasteiger partial charge in [0, 0.05) is 0 Å². The summed E-state index contributed by atoms with van der Waals surface area (Å²) in [4.78, 5) is -0.149. The number of hydrogen-bond acceptors (Lipinski definition) is 6. The molecule has 0 aliphatic heterocycles. The predicted octanol–water partition coefficient (Wildman–Crippen LogP) is 1.96. The van der Waals surface area contributed by atoms with Crippen molar-refractivity contribution in [2.24, 2.45) is 21.7 Å². The second-order valence-corrected chi connectivity index (χ2v) is 6.98. The van der Waals surface area contributed by atoms with Crippen LogP contribution in [0.1, 0.15) is 36.7 Å². The Bertz CT molecular complexity index is 884. The van der Waals surface area contributed by atoms with Gasteiger partial charge in [0.1, 0.15) is 11.5 Å². The van der Waals surface area contributed by atoms with Gasteiger partial charge in [-0.3, -0.25) is 4.55 Å². The van der Waals surface area contributed by atoms with Crippen molar-refractivity contribution in [3.63, 3.8) is 0 Å². The van der Waals surface area contributed by atoms with Crippen molar-refractivity contribution in [1.29, 1.82) is 0 Å². The first-order valence-electron chi connectivity index (χ1n) is 7.48. The van der Waals surface area contributed by atoms with Crippen LogP contribution in [-0.4, -0.2) is 30.3 Å². The van der Waals surface area contributed by atoms with Crippen LogP contribution < -0.4 is 11.5 Å². The first kappa shape index (κ1) is 21.2. The van der Waals surface area contributed by atoms with E-state index in [9.17, 15) is 13.5 Å². The number of nitrogens with zero attached hydrogens (tertiary/aromatic N) is 2. The molecule has 0 radical (unpaired) electrons. The minimum atomic E-state index is -4.22. The van der Waals surface area contributed by atoms with Gasteiger partial charge in [-0.05, 0) is 48.2 Å². The fourth-order valence-corrected chi connectivity index (χ4v) is 2.69. The molecule has 6 N–H and O–H groups in total. The minimum absolute atomic E-state index is 0.00824. The number of phenols is 1. The van der Waals surface area contributed by atoms with E-state index in [1.165, 1.54) is 31.5 Å². The Morgan fingerprint density at radius 2 is 1.96 bits per heavy atom. The van der Waals surface area contributed by atoms with Crippen LogP contribution in [-0.2, 0) is 10.1 Å². The van der Waals surface area contributed by atoms with E-state index in [4.69, 9.17) is 20.4 Å². The average Bonchev–Trinajstić information content (AvgIpc) is 2.99. The van der Waals surface area contributed by atoms with E-state index >= 15 is 0 Å². The number of aromatic hydroxyl groups is 1. The molecule has 142 valence electrons. The summed E-state index contributed by atoms with van der Waals surface area (Å²) in [5.74, 6) is 0.573. The second-order valence-electron chi connectivity index (χ2n) is 5.59. The summed E-state index contributed by atoms with van der Waals surface area (Å²) in [5.41, 5.74) is 10.9. The molecule has 2 rings (SSSR count). The van der Waals surface area contributed by atoms with Crippen LogP contribution in [0, 0.1) is 6.92 Å². The van der Waals surface area contributed by atoms with E-state index in [2.05, 4.69) is 10.2 Å². The number of furan rings is 1. The van der Waals surface area contributed by atoms with Gasteiger partial charge in [-0.2, -0.15) is 13.5 Å². The van der Waals surface area contributed by atoms with Gasteiger partial charge in [-0.25, -0.2) is 0 Å². The van der Waals surface area contributed by atoms with E-state index < -0.39 is 10.1 Å². The van der Waals surface area contributed by atoms with Crippen LogP contribution in [0.15, 0.2) is 50.0 Å². The summed E-state index contributed by atoms with van der Waals surface area (Å²) in [6.45, 7) is 5.18. The van der Waals surface area contributed by atoms with Gasteiger partial charge in [0.25, 0.3) is 10.1 Å². The molecular formula is C16H22N4O5S. The van der Waals surface area contributed by atoms with Crippen LogP contribution in [0.2, 0.25) is 0 Å². The molecule has 26 heavy (non-hydrogen) atoms. The number of phenolic OH excluding ortho intramolecular Hbond substituents is 1. The van der Waals surface area contributed by atoms with Crippen molar-refractivity contribution in [2.75, 3.05) is 0 Å². The lowest BCUT2D eigenvalue weighted by Crippen LogP contribution is -2.21.